The maximum atomic E-state index is 8.90. The van der Waals surface area contributed by atoms with E-state index < -0.39 is 0 Å². The van der Waals surface area contributed by atoms with Crippen molar-refractivity contribution in [1.29, 1.82) is 5.26 Å². The van der Waals surface area contributed by atoms with Crippen LogP contribution in [0.25, 0.3) is 11.5 Å². The number of benzene rings is 2. The van der Waals surface area contributed by atoms with Crippen LogP contribution in [-0.4, -0.2) is 17.3 Å². The molecule has 0 amide bonds. The molecule has 1 heterocycles. The van der Waals surface area contributed by atoms with E-state index in [4.69, 9.17) is 30.8 Å². The van der Waals surface area contributed by atoms with Crippen LogP contribution in [0.2, 0.25) is 5.02 Å². The van der Waals surface area contributed by atoms with Crippen molar-refractivity contribution < 1.29 is 13.9 Å². The van der Waals surface area contributed by atoms with Crippen molar-refractivity contribution >= 4 is 11.6 Å². The Bertz CT molecular complexity index is 902. The zero-order valence-corrected chi connectivity index (χ0v) is 13.4. The van der Waals surface area contributed by atoms with Gasteiger partial charge >= 0.3 is 0 Å². The van der Waals surface area contributed by atoms with Crippen LogP contribution in [0.1, 0.15) is 11.5 Å². The van der Waals surface area contributed by atoms with E-state index >= 15 is 0 Å². The second kappa shape index (κ2) is 7.02. The minimum Gasteiger partial charge on any atom is -0.493 e. The first-order valence-corrected chi connectivity index (χ1v) is 7.37. The van der Waals surface area contributed by atoms with E-state index in [0.717, 1.165) is 0 Å². The summed E-state index contributed by atoms with van der Waals surface area (Å²) in [6, 6.07) is 14.1. The Hall–Kier alpha value is -3.04. The summed E-state index contributed by atoms with van der Waals surface area (Å²) in [5.41, 5.74) is 1.15. The molecule has 0 saturated heterocycles. The van der Waals surface area contributed by atoms with E-state index in [0.29, 0.717) is 39.4 Å². The first-order valence-electron chi connectivity index (χ1n) is 6.99. The van der Waals surface area contributed by atoms with Gasteiger partial charge in [-0.25, -0.2) is 0 Å². The molecular formula is C17H12ClN3O3. The van der Waals surface area contributed by atoms with Crippen LogP contribution in [0.3, 0.4) is 0 Å². The Balaban J connectivity index is 1.75. The fraction of sp³-hybridized carbons (Fsp3) is 0.118. The van der Waals surface area contributed by atoms with Gasteiger partial charge in [0.1, 0.15) is 0 Å². The molecule has 0 unspecified atom stereocenters. The lowest BCUT2D eigenvalue weighted by molar-refractivity contribution is 0.251. The molecule has 0 N–H and O–H groups in total. The van der Waals surface area contributed by atoms with Crippen LogP contribution in [0, 0.1) is 11.3 Å². The van der Waals surface area contributed by atoms with Gasteiger partial charge in [-0.3, -0.25) is 0 Å². The number of halogens is 1. The highest BCUT2D eigenvalue weighted by Crippen LogP contribution is 2.29. The minimum absolute atomic E-state index is 0.0692. The molecule has 3 aromatic rings. The summed E-state index contributed by atoms with van der Waals surface area (Å²) in [5.74, 6) is 1.57. The van der Waals surface area contributed by atoms with Crippen molar-refractivity contribution in [2.75, 3.05) is 7.11 Å². The first-order chi connectivity index (χ1) is 11.7. The molecule has 0 atom stereocenters. The monoisotopic (exact) mass is 341 g/mol. The maximum absolute atomic E-state index is 8.90. The molecule has 0 fully saturated rings. The predicted molar refractivity (Wildman–Crippen MR) is 86.8 cm³/mol. The molecule has 0 bridgehead atoms. The van der Waals surface area contributed by atoms with Crippen LogP contribution in [0.5, 0.6) is 11.5 Å². The summed E-state index contributed by atoms with van der Waals surface area (Å²) in [5, 5.41) is 17.3. The zero-order chi connectivity index (χ0) is 16.9. The Labute approximate surface area is 143 Å². The van der Waals surface area contributed by atoms with Crippen molar-refractivity contribution in [1.82, 2.24) is 10.2 Å². The van der Waals surface area contributed by atoms with Gasteiger partial charge in [0.2, 0.25) is 5.89 Å². The highest BCUT2D eigenvalue weighted by atomic mass is 35.5. The summed E-state index contributed by atoms with van der Waals surface area (Å²) in [6.07, 6.45) is 0. The van der Waals surface area contributed by atoms with Crippen LogP contribution >= 0.6 is 11.6 Å². The highest BCUT2D eigenvalue weighted by molar-refractivity contribution is 6.33. The number of hydrogen-bond acceptors (Lipinski definition) is 6. The topological polar surface area (TPSA) is 81.2 Å². The number of methoxy groups -OCH3 is 1. The normalized spacial score (nSPS) is 10.2. The number of aromatic nitrogens is 2. The Morgan fingerprint density at radius 1 is 1.17 bits per heavy atom. The van der Waals surface area contributed by atoms with Gasteiger partial charge in [0.15, 0.2) is 18.1 Å². The standard InChI is InChI=1S/C17H12ClN3O3/c1-22-15-8-11(9-19)6-7-14(15)23-10-16-20-21-17(24-16)12-4-2-3-5-13(12)18/h2-8H,10H2,1H3. The van der Waals surface area contributed by atoms with E-state index in [2.05, 4.69) is 10.2 Å². The number of hydrogen-bond donors (Lipinski definition) is 0. The molecule has 7 heteroatoms. The van der Waals surface area contributed by atoms with E-state index in [1.54, 1.807) is 30.3 Å². The first kappa shape index (κ1) is 15.8. The third-order valence-electron chi connectivity index (χ3n) is 3.21. The lowest BCUT2D eigenvalue weighted by Gasteiger charge is -2.08. The molecular weight excluding hydrogens is 330 g/mol. The second-order valence-electron chi connectivity index (χ2n) is 4.75. The SMILES string of the molecule is COc1cc(C#N)ccc1OCc1nnc(-c2ccccc2Cl)o1. The van der Waals surface area contributed by atoms with Crippen LogP contribution in [0.15, 0.2) is 46.9 Å². The molecule has 1 aromatic heterocycles. The fourth-order valence-electron chi connectivity index (χ4n) is 2.05. The lowest BCUT2D eigenvalue weighted by atomic mass is 10.2. The number of nitrogens with zero attached hydrogens (tertiary/aromatic N) is 3. The summed E-state index contributed by atoms with van der Waals surface area (Å²) in [7, 11) is 1.51. The molecule has 0 radical (unpaired) electrons. The van der Waals surface area contributed by atoms with Crippen molar-refractivity contribution in [3.8, 4) is 29.0 Å². The molecule has 6 nitrogen and oxygen atoms in total. The highest BCUT2D eigenvalue weighted by Gasteiger charge is 2.13. The smallest absolute Gasteiger partial charge is 0.254 e. The molecule has 0 aliphatic heterocycles. The van der Waals surface area contributed by atoms with Gasteiger partial charge in [0, 0.05) is 6.07 Å². The molecule has 2 aromatic carbocycles. The largest absolute Gasteiger partial charge is 0.493 e. The third-order valence-corrected chi connectivity index (χ3v) is 3.54. The van der Waals surface area contributed by atoms with Gasteiger partial charge in [0.05, 0.1) is 29.3 Å². The molecule has 0 spiro atoms. The van der Waals surface area contributed by atoms with Gasteiger partial charge in [-0.15, -0.1) is 10.2 Å². The van der Waals surface area contributed by atoms with Gasteiger partial charge in [0.25, 0.3) is 5.89 Å². The Morgan fingerprint density at radius 3 is 2.75 bits per heavy atom. The lowest BCUT2D eigenvalue weighted by Crippen LogP contribution is -1.98. The number of rotatable bonds is 5. The molecule has 120 valence electrons. The van der Waals surface area contributed by atoms with E-state index in [9.17, 15) is 0 Å². The zero-order valence-electron chi connectivity index (χ0n) is 12.7. The predicted octanol–water partition coefficient (Wildman–Crippen LogP) is 3.85. The number of ether oxygens (including phenoxy) is 2. The average molecular weight is 342 g/mol. The van der Waals surface area contributed by atoms with Gasteiger partial charge in [-0.1, -0.05) is 23.7 Å². The molecule has 3 rings (SSSR count). The fourth-order valence-corrected chi connectivity index (χ4v) is 2.27. The summed E-state index contributed by atoms with van der Waals surface area (Å²) < 4.78 is 16.4. The van der Waals surface area contributed by atoms with Crippen LogP contribution < -0.4 is 9.47 Å². The van der Waals surface area contributed by atoms with E-state index in [1.165, 1.54) is 7.11 Å². The molecule has 24 heavy (non-hydrogen) atoms. The molecule has 0 aliphatic rings. The Kier molecular flexibility index (Phi) is 4.64. The van der Waals surface area contributed by atoms with Crippen molar-refractivity contribution in [3.05, 3.63) is 58.9 Å². The van der Waals surface area contributed by atoms with Gasteiger partial charge in [-0.2, -0.15) is 5.26 Å². The average Bonchev–Trinajstić information content (AvgIpc) is 3.09. The number of nitriles is 1. The van der Waals surface area contributed by atoms with E-state index in [-0.39, 0.29) is 6.61 Å². The van der Waals surface area contributed by atoms with Crippen LogP contribution in [0.4, 0.5) is 0 Å². The van der Waals surface area contributed by atoms with Gasteiger partial charge in [-0.05, 0) is 24.3 Å². The van der Waals surface area contributed by atoms with Crippen molar-refractivity contribution in [3.63, 3.8) is 0 Å². The second-order valence-corrected chi connectivity index (χ2v) is 5.15. The molecule has 0 aliphatic carbocycles. The van der Waals surface area contributed by atoms with Crippen LogP contribution in [-0.2, 0) is 6.61 Å². The molecule has 0 saturated carbocycles. The minimum atomic E-state index is 0.0692. The van der Waals surface area contributed by atoms with E-state index in [1.807, 2.05) is 18.2 Å². The summed E-state index contributed by atoms with van der Waals surface area (Å²) >= 11 is 6.11. The maximum Gasteiger partial charge on any atom is 0.254 e. The van der Waals surface area contributed by atoms with Crippen molar-refractivity contribution in [2.24, 2.45) is 0 Å². The summed E-state index contributed by atoms with van der Waals surface area (Å²) in [6.45, 7) is 0.0692. The summed E-state index contributed by atoms with van der Waals surface area (Å²) in [4.78, 5) is 0. The van der Waals surface area contributed by atoms with Crippen molar-refractivity contribution in [2.45, 2.75) is 6.61 Å². The quantitative estimate of drug-likeness (QED) is 0.701. The van der Waals surface area contributed by atoms with Gasteiger partial charge < -0.3 is 13.9 Å². The third kappa shape index (κ3) is 3.31. The Morgan fingerprint density at radius 2 is 2.00 bits per heavy atom.